The zero-order valence-corrected chi connectivity index (χ0v) is 14.8. The Morgan fingerprint density at radius 3 is 2.62 bits per heavy atom. The molecule has 21 heavy (non-hydrogen) atoms. The first-order chi connectivity index (χ1) is 10.0. The van der Waals surface area contributed by atoms with Crippen molar-refractivity contribution in [2.45, 2.75) is 65.7 Å². The normalized spacial score (nSPS) is 12.4. The van der Waals surface area contributed by atoms with Crippen LogP contribution in [-0.2, 0) is 10.5 Å². The third kappa shape index (κ3) is 5.38. The minimum atomic E-state index is 0.245. The van der Waals surface area contributed by atoms with Crippen molar-refractivity contribution in [1.82, 2.24) is 10.1 Å². The lowest BCUT2D eigenvalue weighted by Gasteiger charge is -2.28. The molecule has 0 aliphatic carbocycles. The minimum Gasteiger partial charge on any atom is -0.361 e. The van der Waals surface area contributed by atoms with Gasteiger partial charge >= 0.3 is 0 Å². The van der Waals surface area contributed by atoms with Crippen molar-refractivity contribution in [3.63, 3.8) is 0 Å². The number of aromatic nitrogens is 1. The molecule has 0 radical (unpaired) electrons. The van der Waals surface area contributed by atoms with Crippen molar-refractivity contribution in [2.75, 3.05) is 12.3 Å². The molecular weight excluding hydrogens is 284 g/mol. The first-order valence-corrected chi connectivity index (χ1v) is 8.95. The molecular formula is C16H28N2O2S. The Morgan fingerprint density at radius 2 is 2.10 bits per heavy atom. The van der Waals surface area contributed by atoms with Crippen LogP contribution in [-0.4, -0.2) is 34.3 Å². The van der Waals surface area contributed by atoms with Crippen molar-refractivity contribution in [3.8, 4) is 0 Å². The number of nitrogens with zero attached hydrogens (tertiary/aromatic N) is 2. The van der Waals surface area contributed by atoms with E-state index in [2.05, 4.69) is 25.9 Å². The quantitative estimate of drug-likeness (QED) is 0.692. The van der Waals surface area contributed by atoms with Gasteiger partial charge in [0.15, 0.2) is 0 Å². The van der Waals surface area contributed by atoms with Crippen molar-refractivity contribution >= 4 is 17.7 Å². The molecule has 0 saturated heterocycles. The predicted octanol–water partition coefficient (Wildman–Crippen LogP) is 3.95. The summed E-state index contributed by atoms with van der Waals surface area (Å²) in [7, 11) is 0. The van der Waals surface area contributed by atoms with Crippen LogP contribution in [0.15, 0.2) is 4.52 Å². The van der Waals surface area contributed by atoms with Gasteiger partial charge in [-0.15, -0.1) is 11.8 Å². The van der Waals surface area contributed by atoms with Crippen LogP contribution in [0.25, 0.3) is 0 Å². The molecule has 0 N–H and O–H groups in total. The van der Waals surface area contributed by atoms with Gasteiger partial charge in [-0.2, -0.15) is 0 Å². The molecule has 0 aliphatic heterocycles. The first-order valence-electron chi connectivity index (χ1n) is 7.80. The number of aryl methyl sites for hydroxylation is 2. The summed E-state index contributed by atoms with van der Waals surface area (Å²) in [5, 5.41) is 3.95. The Morgan fingerprint density at radius 1 is 1.38 bits per heavy atom. The maximum absolute atomic E-state index is 12.4. The summed E-state index contributed by atoms with van der Waals surface area (Å²) in [6.07, 6.45) is 3.20. The lowest BCUT2D eigenvalue weighted by atomic mass is 10.2. The Labute approximate surface area is 132 Å². The van der Waals surface area contributed by atoms with Crippen LogP contribution in [0.5, 0.6) is 0 Å². The molecule has 1 rings (SSSR count). The van der Waals surface area contributed by atoms with Gasteiger partial charge in [-0.1, -0.05) is 25.4 Å². The standard InChI is InChI=1S/C16H28N2O2S/c1-6-8-9-18(12(3)7-2)16(19)11-21-10-15-13(4)17-20-14(15)5/h12H,6-11H2,1-5H3. The maximum Gasteiger partial charge on any atom is 0.232 e. The highest BCUT2D eigenvalue weighted by Crippen LogP contribution is 2.20. The Bertz CT molecular complexity index is 426. The zero-order chi connectivity index (χ0) is 15.8. The van der Waals surface area contributed by atoms with Gasteiger partial charge in [0.1, 0.15) is 5.76 Å². The number of hydrogen-bond donors (Lipinski definition) is 0. The average Bonchev–Trinajstić information content (AvgIpc) is 2.79. The zero-order valence-electron chi connectivity index (χ0n) is 13.9. The third-order valence-electron chi connectivity index (χ3n) is 3.85. The molecule has 1 amide bonds. The van der Waals surface area contributed by atoms with E-state index >= 15 is 0 Å². The van der Waals surface area contributed by atoms with Crippen LogP contribution in [0, 0.1) is 13.8 Å². The fraction of sp³-hybridized carbons (Fsp3) is 0.750. The largest absolute Gasteiger partial charge is 0.361 e. The molecule has 1 unspecified atom stereocenters. The highest BCUT2D eigenvalue weighted by molar-refractivity contribution is 7.99. The molecule has 5 heteroatoms. The maximum atomic E-state index is 12.4. The molecule has 1 heterocycles. The van der Waals surface area contributed by atoms with Gasteiger partial charge in [0.2, 0.25) is 5.91 Å². The van der Waals surface area contributed by atoms with Crippen molar-refractivity contribution < 1.29 is 9.32 Å². The highest BCUT2D eigenvalue weighted by atomic mass is 32.2. The van der Waals surface area contributed by atoms with Gasteiger partial charge in [0.05, 0.1) is 11.4 Å². The van der Waals surface area contributed by atoms with Crippen LogP contribution in [0.2, 0.25) is 0 Å². The van der Waals surface area contributed by atoms with Gasteiger partial charge < -0.3 is 9.42 Å². The molecule has 120 valence electrons. The number of thioether (sulfide) groups is 1. The lowest BCUT2D eigenvalue weighted by molar-refractivity contribution is -0.130. The molecule has 0 fully saturated rings. The van der Waals surface area contributed by atoms with Gasteiger partial charge in [-0.25, -0.2) is 0 Å². The summed E-state index contributed by atoms with van der Waals surface area (Å²) < 4.78 is 5.15. The summed E-state index contributed by atoms with van der Waals surface area (Å²) in [6, 6.07) is 0.323. The second kappa shape index (κ2) is 9.13. The second-order valence-corrected chi connectivity index (χ2v) is 6.48. The summed E-state index contributed by atoms with van der Waals surface area (Å²) in [6.45, 7) is 11.2. The van der Waals surface area contributed by atoms with E-state index in [1.165, 1.54) is 0 Å². The van der Waals surface area contributed by atoms with Gasteiger partial charge in [0.25, 0.3) is 0 Å². The number of rotatable bonds is 9. The van der Waals surface area contributed by atoms with Crippen LogP contribution in [0.1, 0.15) is 57.1 Å². The fourth-order valence-corrected chi connectivity index (χ4v) is 3.23. The molecule has 4 nitrogen and oxygen atoms in total. The van der Waals surface area contributed by atoms with Crippen molar-refractivity contribution in [1.29, 1.82) is 0 Å². The van der Waals surface area contributed by atoms with E-state index in [4.69, 9.17) is 4.52 Å². The summed E-state index contributed by atoms with van der Waals surface area (Å²) in [5.74, 6) is 2.42. The smallest absolute Gasteiger partial charge is 0.232 e. The molecule has 1 aromatic rings. The van der Waals surface area contributed by atoms with Crippen LogP contribution >= 0.6 is 11.8 Å². The van der Waals surface area contributed by atoms with Gasteiger partial charge in [0, 0.05) is 23.9 Å². The molecule has 0 bridgehead atoms. The Balaban J connectivity index is 2.49. The van der Waals surface area contributed by atoms with Crippen molar-refractivity contribution in [3.05, 3.63) is 17.0 Å². The molecule has 0 aliphatic rings. The number of amides is 1. The van der Waals surface area contributed by atoms with E-state index < -0.39 is 0 Å². The topological polar surface area (TPSA) is 46.3 Å². The highest BCUT2D eigenvalue weighted by Gasteiger charge is 2.18. The van der Waals surface area contributed by atoms with E-state index in [-0.39, 0.29) is 5.91 Å². The van der Waals surface area contributed by atoms with Crippen LogP contribution in [0.4, 0.5) is 0 Å². The number of unbranched alkanes of at least 4 members (excludes halogenated alkanes) is 1. The van der Waals surface area contributed by atoms with E-state index in [1.54, 1.807) is 11.8 Å². The average molecular weight is 312 g/mol. The number of carbonyl (C=O) groups is 1. The minimum absolute atomic E-state index is 0.245. The summed E-state index contributed by atoms with van der Waals surface area (Å²) >= 11 is 1.65. The SMILES string of the molecule is CCCCN(C(=O)CSCc1c(C)noc1C)C(C)CC. The Kier molecular flexibility index (Phi) is 7.86. The molecule has 0 aromatic carbocycles. The number of hydrogen-bond acceptors (Lipinski definition) is 4. The van der Waals surface area contributed by atoms with E-state index in [0.29, 0.717) is 11.8 Å². The van der Waals surface area contributed by atoms with Gasteiger partial charge in [-0.3, -0.25) is 4.79 Å². The fourth-order valence-electron chi connectivity index (χ4n) is 2.17. The first kappa shape index (κ1) is 18.1. The van der Waals surface area contributed by atoms with E-state index in [9.17, 15) is 4.79 Å². The van der Waals surface area contributed by atoms with E-state index in [0.717, 1.165) is 48.6 Å². The third-order valence-corrected chi connectivity index (χ3v) is 4.79. The van der Waals surface area contributed by atoms with Crippen molar-refractivity contribution in [2.24, 2.45) is 0 Å². The molecule has 0 spiro atoms. The molecule has 1 aromatic heterocycles. The summed E-state index contributed by atoms with van der Waals surface area (Å²) in [4.78, 5) is 14.4. The molecule has 0 saturated carbocycles. The Hall–Kier alpha value is -0.970. The van der Waals surface area contributed by atoms with Crippen LogP contribution in [0.3, 0.4) is 0 Å². The predicted molar refractivity (Wildman–Crippen MR) is 88.5 cm³/mol. The summed E-state index contributed by atoms with van der Waals surface area (Å²) in [5.41, 5.74) is 2.05. The monoisotopic (exact) mass is 312 g/mol. The second-order valence-electron chi connectivity index (χ2n) is 5.49. The molecule has 1 atom stereocenters. The van der Waals surface area contributed by atoms with E-state index in [1.807, 2.05) is 18.7 Å². The van der Waals surface area contributed by atoms with Crippen LogP contribution < -0.4 is 0 Å². The lowest BCUT2D eigenvalue weighted by Crippen LogP contribution is -2.40. The van der Waals surface area contributed by atoms with Gasteiger partial charge in [-0.05, 0) is 33.6 Å². The number of carbonyl (C=O) groups excluding carboxylic acids is 1.